The molecular weight excluding hydrogens is 426 g/mol. The number of unbranched alkanes of at least 4 members (excludes halogenated alkanes) is 2. The van der Waals surface area contributed by atoms with Crippen LogP contribution in [0.25, 0.3) is 32.7 Å². The van der Waals surface area contributed by atoms with E-state index in [1.54, 1.807) is 24.3 Å². The zero-order chi connectivity index (χ0) is 23.0. The number of hydrogen-bond donors (Lipinski definition) is 0. The van der Waals surface area contributed by atoms with E-state index in [9.17, 15) is 22.0 Å². The average Bonchev–Trinajstić information content (AvgIpc) is 2.75. The van der Waals surface area contributed by atoms with Crippen LogP contribution in [0.4, 0.5) is 26.3 Å². The summed E-state index contributed by atoms with van der Waals surface area (Å²) in [5.74, 6) is -2.48. The minimum absolute atomic E-state index is 0.188. The van der Waals surface area contributed by atoms with Crippen molar-refractivity contribution in [2.75, 3.05) is 0 Å². The van der Waals surface area contributed by atoms with Gasteiger partial charge in [0.2, 0.25) is 0 Å². The maximum absolute atomic E-state index is 15.0. The molecule has 4 aromatic carbocycles. The van der Waals surface area contributed by atoms with Crippen LogP contribution in [-0.2, 0) is 12.6 Å². The lowest BCUT2D eigenvalue weighted by molar-refractivity contribution is -0.139. The summed E-state index contributed by atoms with van der Waals surface area (Å²) < 4.78 is 82.4. The molecule has 0 aliphatic rings. The van der Waals surface area contributed by atoms with Crippen molar-refractivity contribution in [2.45, 2.75) is 38.8 Å². The van der Waals surface area contributed by atoms with Gasteiger partial charge in [0.1, 0.15) is 17.5 Å². The topological polar surface area (TPSA) is 0 Å². The highest BCUT2D eigenvalue weighted by Gasteiger charge is 2.34. The Morgan fingerprint density at radius 2 is 1.31 bits per heavy atom. The van der Waals surface area contributed by atoms with Crippen molar-refractivity contribution in [3.05, 3.63) is 83.2 Å². The first-order valence-corrected chi connectivity index (χ1v) is 10.4. The number of aryl methyl sites for hydroxylation is 1. The predicted octanol–water partition coefficient (Wildman–Crippen LogP) is 8.83. The fourth-order valence-electron chi connectivity index (χ4n) is 4.06. The molecule has 4 aromatic rings. The zero-order valence-electron chi connectivity index (χ0n) is 17.3. The Morgan fingerprint density at radius 1 is 0.656 bits per heavy atom. The lowest BCUT2D eigenvalue weighted by Crippen LogP contribution is -2.07. The van der Waals surface area contributed by atoms with Crippen LogP contribution in [0.2, 0.25) is 0 Å². The SMILES string of the molecule is CCCCCc1ccc2c(cc(F)c3cc(-c4ccc(C(F)(F)F)c(F)c4)ccc32)c1F. The van der Waals surface area contributed by atoms with Crippen molar-refractivity contribution in [1.82, 2.24) is 0 Å². The van der Waals surface area contributed by atoms with E-state index in [0.29, 0.717) is 34.4 Å². The van der Waals surface area contributed by atoms with E-state index in [4.69, 9.17) is 0 Å². The largest absolute Gasteiger partial charge is 0.419 e. The Labute approximate surface area is 181 Å². The number of fused-ring (bicyclic) bond motifs is 3. The average molecular weight is 446 g/mol. The Kier molecular flexibility index (Phi) is 5.89. The van der Waals surface area contributed by atoms with Gasteiger partial charge in [-0.25, -0.2) is 13.2 Å². The van der Waals surface area contributed by atoms with E-state index in [-0.39, 0.29) is 16.3 Å². The van der Waals surface area contributed by atoms with Gasteiger partial charge >= 0.3 is 6.18 Å². The number of halogens is 6. The fraction of sp³-hybridized carbons (Fsp3) is 0.231. The van der Waals surface area contributed by atoms with Gasteiger partial charge in [-0.3, -0.25) is 0 Å². The molecule has 0 heterocycles. The molecule has 32 heavy (non-hydrogen) atoms. The van der Waals surface area contributed by atoms with Gasteiger partial charge in [-0.15, -0.1) is 0 Å². The summed E-state index contributed by atoms with van der Waals surface area (Å²) in [5.41, 5.74) is -0.264. The van der Waals surface area contributed by atoms with Gasteiger partial charge in [-0.05, 0) is 64.6 Å². The van der Waals surface area contributed by atoms with Crippen LogP contribution in [0.1, 0.15) is 37.3 Å². The fourth-order valence-corrected chi connectivity index (χ4v) is 4.06. The second kappa shape index (κ2) is 8.49. The van der Waals surface area contributed by atoms with Gasteiger partial charge in [0.05, 0.1) is 5.56 Å². The molecule has 166 valence electrons. The molecule has 0 aromatic heterocycles. The molecule has 0 N–H and O–H groups in total. The molecular formula is C26H20F6. The molecule has 0 saturated heterocycles. The lowest BCUT2D eigenvalue weighted by Gasteiger charge is -2.12. The minimum Gasteiger partial charge on any atom is -0.206 e. The molecule has 6 heteroatoms. The standard InChI is InChI=1S/C26H20F6/c1-2-3-4-5-15-6-9-19-18-10-7-16(12-20(18)23(27)14-21(19)25(15)29)17-8-11-22(24(28)13-17)26(30,31)32/h6-14H,2-5H2,1H3. The monoisotopic (exact) mass is 446 g/mol. The number of benzene rings is 4. The van der Waals surface area contributed by atoms with E-state index >= 15 is 4.39 Å². The normalized spacial score (nSPS) is 12.1. The first kappa shape index (κ1) is 22.2. The molecule has 0 fully saturated rings. The summed E-state index contributed by atoms with van der Waals surface area (Å²) in [6, 6.07) is 11.8. The molecule has 0 atom stereocenters. The van der Waals surface area contributed by atoms with Gasteiger partial charge in [0.15, 0.2) is 0 Å². The Hall–Kier alpha value is -3.02. The molecule has 0 aliphatic heterocycles. The van der Waals surface area contributed by atoms with Crippen LogP contribution in [-0.4, -0.2) is 0 Å². The highest BCUT2D eigenvalue weighted by molar-refractivity contribution is 6.09. The molecule has 4 rings (SSSR count). The Balaban J connectivity index is 1.80. The number of rotatable bonds is 5. The maximum Gasteiger partial charge on any atom is 0.419 e. The van der Waals surface area contributed by atoms with Crippen LogP contribution >= 0.6 is 0 Å². The van der Waals surface area contributed by atoms with Gasteiger partial charge in [-0.2, -0.15) is 13.2 Å². The van der Waals surface area contributed by atoms with Crippen LogP contribution in [0.3, 0.4) is 0 Å². The molecule has 0 aliphatic carbocycles. The van der Waals surface area contributed by atoms with Crippen LogP contribution < -0.4 is 0 Å². The van der Waals surface area contributed by atoms with Gasteiger partial charge in [0.25, 0.3) is 0 Å². The molecule has 0 bridgehead atoms. The molecule has 0 nitrogen and oxygen atoms in total. The first-order chi connectivity index (χ1) is 15.2. The Bertz CT molecular complexity index is 1300. The van der Waals surface area contributed by atoms with E-state index in [0.717, 1.165) is 37.5 Å². The maximum atomic E-state index is 15.0. The third-order valence-corrected chi connectivity index (χ3v) is 5.76. The number of hydrogen-bond acceptors (Lipinski definition) is 0. The third kappa shape index (κ3) is 4.06. The van der Waals surface area contributed by atoms with E-state index < -0.39 is 29.2 Å². The summed E-state index contributed by atoms with van der Waals surface area (Å²) in [6.07, 6.45) is -1.37. The highest BCUT2D eigenvalue weighted by atomic mass is 19.4. The molecule has 0 unspecified atom stereocenters. The quantitative estimate of drug-likeness (QED) is 0.163. The van der Waals surface area contributed by atoms with Crippen LogP contribution in [0.15, 0.2) is 54.6 Å². The van der Waals surface area contributed by atoms with Crippen molar-refractivity contribution in [1.29, 1.82) is 0 Å². The van der Waals surface area contributed by atoms with E-state index in [2.05, 4.69) is 6.92 Å². The molecule has 0 amide bonds. The Morgan fingerprint density at radius 3 is 2.00 bits per heavy atom. The smallest absolute Gasteiger partial charge is 0.206 e. The lowest BCUT2D eigenvalue weighted by atomic mass is 9.94. The summed E-state index contributed by atoms with van der Waals surface area (Å²) in [7, 11) is 0. The summed E-state index contributed by atoms with van der Waals surface area (Å²) in [6.45, 7) is 2.06. The van der Waals surface area contributed by atoms with Gasteiger partial charge in [0, 0.05) is 10.8 Å². The van der Waals surface area contributed by atoms with Crippen LogP contribution in [0, 0.1) is 17.5 Å². The summed E-state index contributed by atoms with van der Waals surface area (Å²) >= 11 is 0. The molecule has 0 saturated carbocycles. The summed E-state index contributed by atoms with van der Waals surface area (Å²) in [4.78, 5) is 0. The zero-order valence-corrected chi connectivity index (χ0v) is 17.3. The van der Waals surface area contributed by atoms with Crippen molar-refractivity contribution in [2.24, 2.45) is 0 Å². The number of alkyl halides is 3. The molecule has 0 spiro atoms. The minimum atomic E-state index is -4.80. The van der Waals surface area contributed by atoms with Crippen molar-refractivity contribution < 1.29 is 26.3 Å². The predicted molar refractivity (Wildman–Crippen MR) is 115 cm³/mol. The third-order valence-electron chi connectivity index (χ3n) is 5.76. The second-order valence-corrected chi connectivity index (χ2v) is 7.90. The highest BCUT2D eigenvalue weighted by Crippen LogP contribution is 2.36. The van der Waals surface area contributed by atoms with Crippen LogP contribution in [0.5, 0.6) is 0 Å². The van der Waals surface area contributed by atoms with Crippen molar-refractivity contribution in [3.8, 4) is 11.1 Å². The second-order valence-electron chi connectivity index (χ2n) is 7.90. The first-order valence-electron chi connectivity index (χ1n) is 10.4. The van der Waals surface area contributed by atoms with Crippen molar-refractivity contribution in [3.63, 3.8) is 0 Å². The van der Waals surface area contributed by atoms with Gasteiger partial charge in [-0.1, -0.05) is 50.1 Å². The summed E-state index contributed by atoms with van der Waals surface area (Å²) in [5, 5.41) is 1.41. The molecule has 0 radical (unpaired) electrons. The van der Waals surface area contributed by atoms with Crippen molar-refractivity contribution >= 4 is 21.5 Å². The van der Waals surface area contributed by atoms with E-state index in [1.807, 2.05) is 0 Å². The van der Waals surface area contributed by atoms with Gasteiger partial charge < -0.3 is 0 Å². The van der Waals surface area contributed by atoms with E-state index in [1.165, 1.54) is 6.07 Å².